The van der Waals surface area contributed by atoms with Crippen LogP contribution >= 0.6 is 0 Å². The molecule has 0 radical (unpaired) electrons. The van der Waals surface area contributed by atoms with Crippen LogP contribution in [0.5, 0.6) is 0 Å². The Morgan fingerprint density at radius 2 is 2.29 bits per heavy atom. The summed E-state index contributed by atoms with van der Waals surface area (Å²) in [6.45, 7) is 1.32. The van der Waals surface area contributed by atoms with Crippen molar-refractivity contribution in [1.82, 2.24) is 9.55 Å². The van der Waals surface area contributed by atoms with E-state index in [9.17, 15) is 14.4 Å². The van der Waals surface area contributed by atoms with Crippen LogP contribution in [0.25, 0.3) is 10.9 Å². The molecule has 6 heteroatoms. The molecule has 3 rings (SSSR count). The van der Waals surface area contributed by atoms with Gasteiger partial charge in [-0.1, -0.05) is 6.04 Å². The molecule has 1 fully saturated rings. The highest BCUT2D eigenvalue weighted by molar-refractivity contribution is 6.03. The van der Waals surface area contributed by atoms with Crippen LogP contribution in [0.4, 0.5) is 5.69 Å². The maximum atomic E-state index is 13.0. The number of Topliss-reactive ketones (excluding diaryl/α,β-unsaturated/α-hetero) is 2. The van der Waals surface area contributed by atoms with E-state index in [1.807, 2.05) is 0 Å². The third-order valence-electron chi connectivity index (χ3n) is 3.25. The zero-order valence-electron chi connectivity index (χ0n) is 16.1. The highest BCUT2D eigenvalue weighted by Crippen LogP contribution is 2.24. The average Bonchev–Trinajstić information content (AvgIpc) is 2.56. The van der Waals surface area contributed by atoms with Crippen molar-refractivity contribution >= 4 is 28.2 Å². The molecule has 0 aliphatic heterocycles. The molecule has 0 amide bonds. The first-order chi connectivity index (χ1) is 12.0. The van der Waals surface area contributed by atoms with E-state index < -0.39 is 42.4 Å². The first-order valence-corrected chi connectivity index (χ1v) is 6.21. The fraction of sp³-hybridized carbons (Fsp3) is 0.333. The first kappa shape index (κ1) is 8.71. The van der Waals surface area contributed by atoms with E-state index in [0.29, 0.717) is 4.57 Å². The van der Waals surface area contributed by atoms with Gasteiger partial charge < -0.3 is 5.73 Å². The number of nitrogens with zero attached hydrogens (tertiary/aromatic N) is 2. The van der Waals surface area contributed by atoms with E-state index in [4.69, 9.17) is 12.6 Å². The Morgan fingerprint density at radius 1 is 1.52 bits per heavy atom. The number of carbonyl (C=O) groups is 2. The summed E-state index contributed by atoms with van der Waals surface area (Å²) in [5.74, 6) is -1.88. The van der Waals surface area contributed by atoms with Gasteiger partial charge in [0, 0.05) is 14.8 Å². The summed E-state index contributed by atoms with van der Waals surface area (Å²) >= 11 is 0. The number of aromatic nitrogens is 2. The predicted molar refractivity (Wildman–Crippen MR) is 78.1 cm³/mol. The Bertz CT molecular complexity index is 1040. The quantitative estimate of drug-likeness (QED) is 0.628. The molecule has 0 bridgehead atoms. The smallest absolute Gasteiger partial charge is 0.264 e. The van der Waals surface area contributed by atoms with Gasteiger partial charge in [-0.15, -0.1) is 0 Å². The highest BCUT2D eigenvalue weighted by Gasteiger charge is 2.30. The number of anilines is 1. The average molecular weight is 290 g/mol. The third kappa shape index (κ3) is 2.12. The van der Waals surface area contributed by atoms with Crippen LogP contribution < -0.4 is 11.3 Å². The maximum absolute atomic E-state index is 13.0. The van der Waals surface area contributed by atoms with Crippen LogP contribution in [0.3, 0.4) is 0 Å². The van der Waals surface area contributed by atoms with Gasteiger partial charge in [-0.25, -0.2) is 4.98 Å². The third-order valence-corrected chi connectivity index (χ3v) is 3.25. The Hall–Kier alpha value is -2.50. The number of hydrogen-bond acceptors (Lipinski definition) is 5. The molecule has 3 atom stereocenters. The van der Waals surface area contributed by atoms with Crippen molar-refractivity contribution in [3.8, 4) is 0 Å². The second-order valence-electron chi connectivity index (χ2n) is 4.68. The minimum atomic E-state index is -2.50. The molecule has 21 heavy (non-hydrogen) atoms. The van der Waals surface area contributed by atoms with Crippen molar-refractivity contribution in [3.05, 3.63) is 34.3 Å². The van der Waals surface area contributed by atoms with E-state index in [2.05, 4.69) is 4.98 Å². The second-order valence-corrected chi connectivity index (χ2v) is 4.68. The highest BCUT2D eigenvalue weighted by atomic mass is 16.2. The fourth-order valence-corrected chi connectivity index (χ4v) is 2.29. The Labute approximate surface area is 127 Å². The number of fused-ring (bicyclic) bond motifs is 1. The van der Waals surface area contributed by atoms with Crippen LogP contribution in [0.15, 0.2) is 22.9 Å². The number of carbonyl (C=O) groups excluding carboxylic acids is 2. The summed E-state index contributed by atoms with van der Waals surface area (Å²) in [4.78, 5) is 41.2. The standard InChI is InChI=1S/C15H15N3O3/c1-8-17-11-4-2-3-10(16)14(11)15(21)18(8)12-6-5-9(19)7-13(12)20/h2-4,12H,5-7,16H2,1H3/i2D,4D,5D,6D,12D. The zero-order valence-corrected chi connectivity index (χ0v) is 11.1. The number of nitrogen functional groups attached to an aromatic ring is 1. The Morgan fingerprint density at radius 3 is 3.05 bits per heavy atom. The van der Waals surface area contributed by atoms with Crippen molar-refractivity contribution < 1.29 is 16.4 Å². The largest absolute Gasteiger partial charge is 0.398 e. The second kappa shape index (κ2) is 4.80. The molecule has 2 aromatic rings. The van der Waals surface area contributed by atoms with Gasteiger partial charge in [0.05, 0.1) is 27.5 Å². The molecular weight excluding hydrogens is 270 g/mol. The normalized spacial score (nSPS) is 33.1. The fourth-order valence-electron chi connectivity index (χ4n) is 2.29. The molecule has 108 valence electrons. The molecule has 2 N–H and O–H groups in total. The Kier molecular flexibility index (Phi) is 1.99. The summed E-state index contributed by atoms with van der Waals surface area (Å²) in [6.07, 6.45) is -4.19. The number of aryl methyl sites for hydroxylation is 1. The van der Waals surface area contributed by atoms with Crippen LogP contribution in [0.1, 0.15) is 37.9 Å². The van der Waals surface area contributed by atoms with Crippen molar-refractivity contribution in [2.24, 2.45) is 0 Å². The number of nitrogens with two attached hydrogens (primary N) is 1. The van der Waals surface area contributed by atoms with Crippen LogP contribution in [-0.2, 0) is 9.59 Å². The molecule has 3 unspecified atom stereocenters. The molecule has 1 heterocycles. The molecule has 1 aromatic heterocycles. The summed E-state index contributed by atoms with van der Waals surface area (Å²) in [7, 11) is 0. The lowest BCUT2D eigenvalue weighted by atomic mass is 9.92. The first-order valence-electron chi connectivity index (χ1n) is 8.87. The van der Waals surface area contributed by atoms with Crippen molar-refractivity contribution in [1.29, 1.82) is 0 Å². The number of hydrogen-bond donors (Lipinski definition) is 1. The number of benzene rings is 1. The number of rotatable bonds is 1. The van der Waals surface area contributed by atoms with Crippen molar-refractivity contribution in [3.63, 3.8) is 0 Å². The molecule has 6 nitrogen and oxygen atoms in total. The zero-order chi connectivity index (χ0) is 19.5. The number of ketones is 2. The lowest BCUT2D eigenvalue weighted by molar-refractivity contribution is -0.132. The summed E-state index contributed by atoms with van der Waals surface area (Å²) in [6, 6.07) is -1.96. The lowest BCUT2D eigenvalue weighted by Crippen LogP contribution is -2.36. The maximum Gasteiger partial charge on any atom is 0.264 e. The van der Waals surface area contributed by atoms with Gasteiger partial charge in [0.2, 0.25) is 0 Å². The van der Waals surface area contributed by atoms with E-state index in [-0.39, 0.29) is 34.5 Å². The Balaban J connectivity index is 2.41. The van der Waals surface area contributed by atoms with E-state index in [1.54, 1.807) is 0 Å². The lowest BCUT2D eigenvalue weighted by Gasteiger charge is -2.24. The topological polar surface area (TPSA) is 95.0 Å². The molecular formula is C15H15N3O3. The predicted octanol–water partition coefficient (Wildman–Crippen LogP) is 1.15. The summed E-state index contributed by atoms with van der Waals surface area (Å²) in [5.41, 5.74) is 4.60. The molecule has 1 aliphatic carbocycles. The van der Waals surface area contributed by atoms with Gasteiger partial charge in [0.15, 0.2) is 5.78 Å². The van der Waals surface area contributed by atoms with Gasteiger partial charge in [0.1, 0.15) is 11.6 Å². The monoisotopic (exact) mass is 290 g/mol. The van der Waals surface area contributed by atoms with Gasteiger partial charge in [-0.3, -0.25) is 19.0 Å². The SMILES string of the molecule is [2H]c1cc(N)c2c(=O)n(C3([2H])C(=O)CC(=O)C([2H])C3[2H])c(C)nc2c1[2H]. The van der Waals surface area contributed by atoms with Gasteiger partial charge in [-0.2, -0.15) is 0 Å². The van der Waals surface area contributed by atoms with Gasteiger partial charge in [0.25, 0.3) is 5.56 Å². The summed E-state index contributed by atoms with van der Waals surface area (Å²) < 4.78 is 40.6. The minimum Gasteiger partial charge on any atom is -0.398 e. The van der Waals surface area contributed by atoms with Gasteiger partial charge >= 0.3 is 0 Å². The van der Waals surface area contributed by atoms with E-state index >= 15 is 0 Å². The van der Waals surface area contributed by atoms with E-state index in [0.717, 1.165) is 6.07 Å². The van der Waals surface area contributed by atoms with Gasteiger partial charge in [-0.05, 0) is 25.4 Å². The van der Waals surface area contributed by atoms with Crippen LogP contribution in [0.2, 0.25) is 0 Å². The molecule has 0 spiro atoms. The summed E-state index contributed by atoms with van der Waals surface area (Å²) in [5, 5.41) is -0.235. The molecule has 1 saturated carbocycles. The van der Waals surface area contributed by atoms with E-state index in [1.165, 1.54) is 6.92 Å². The van der Waals surface area contributed by atoms with Crippen LogP contribution in [-0.4, -0.2) is 21.1 Å². The minimum absolute atomic E-state index is 0.136. The molecule has 0 saturated heterocycles. The van der Waals surface area contributed by atoms with Crippen LogP contribution in [0, 0.1) is 6.92 Å². The van der Waals surface area contributed by atoms with Crippen molar-refractivity contribution in [2.75, 3.05) is 5.73 Å². The molecule has 1 aromatic carbocycles. The molecule has 1 aliphatic rings. The van der Waals surface area contributed by atoms with Crippen molar-refractivity contribution in [2.45, 2.75) is 32.2 Å².